The minimum absolute atomic E-state index is 0.00418. The third kappa shape index (κ3) is 7.37. The minimum atomic E-state index is -0.947. The van der Waals surface area contributed by atoms with E-state index in [1.807, 2.05) is 30.3 Å². The van der Waals surface area contributed by atoms with Crippen molar-refractivity contribution < 1.29 is 24.0 Å². The van der Waals surface area contributed by atoms with Gasteiger partial charge in [0, 0.05) is 29.3 Å². The first-order valence-electron chi connectivity index (χ1n) is 10.6. The highest BCUT2D eigenvalue weighted by Gasteiger charge is 2.25. The number of anilines is 1. The summed E-state index contributed by atoms with van der Waals surface area (Å²) in [5.41, 5.74) is 7.00. The molecule has 0 aliphatic heterocycles. The second-order valence-electron chi connectivity index (χ2n) is 7.66. The Morgan fingerprint density at radius 3 is 2.51 bits per heavy atom. The molecule has 0 saturated heterocycles. The van der Waals surface area contributed by atoms with Crippen molar-refractivity contribution in [1.29, 1.82) is 0 Å². The quantitative estimate of drug-likeness (QED) is 0.228. The van der Waals surface area contributed by atoms with E-state index in [2.05, 4.69) is 15.6 Å². The number of nitrogens with two attached hydrogens (primary N) is 1. The number of aromatic nitrogens is 1. The molecule has 1 heterocycles. The van der Waals surface area contributed by atoms with Crippen molar-refractivity contribution in [3.05, 3.63) is 88.1 Å². The molecule has 3 atom stereocenters. The van der Waals surface area contributed by atoms with Crippen LogP contribution in [-0.4, -0.2) is 44.7 Å². The highest BCUT2D eigenvalue weighted by Crippen LogP contribution is 2.18. The van der Waals surface area contributed by atoms with Gasteiger partial charge in [0.2, 0.25) is 11.8 Å². The van der Waals surface area contributed by atoms with Crippen LogP contribution >= 0.6 is 11.8 Å². The van der Waals surface area contributed by atoms with Crippen molar-refractivity contribution in [1.82, 2.24) is 10.3 Å². The first kappa shape index (κ1) is 25.9. The van der Waals surface area contributed by atoms with E-state index in [1.165, 1.54) is 43.0 Å². The number of hydrogen-bond acceptors (Lipinski definition) is 9. The van der Waals surface area contributed by atoms with Crippen LogP contribution in [0.25, 0.3) is 0 Å². The molecular weight excluding hydrogens is 474 g/mol. The summed E-state index contributed by atoms with van der Waals surface area (Å²) in [5, 5.41) is 25.8. The van der Waals surface area contributed by atoms with Gasteiger partial charge in [-0.25, -0.2) is 4.98 Å². The maximum atomic E-state index is 13.0. The number of carbonyl (C=O) groups is 2. The number of nitrogens with zero attached hydrogens (tertiary/aromatic N) is 2. The van der Waals surface area contributed by atoms with Crippen LogP contribution in [0, 0.1) is 10.1 Å². The van der Waals surface area contributed by atoms with Crippen LogP contribution in [-0.2, 0) is 10.5 Å². The van der Waals surface area contributed by atoms with Crippen LogP contribution in [0.15, 0.2) is 65.3 Å². The van der Waals surface area contributed by atoms with Crippen molar-refractivity contribution in [2.24, 2.45) is 5.73 Å². The molecule has 0 spiro atoms. The van der Waals surface area contributed by atoms with Gasteiger partial charge in [-0.05, 0) is 24.6 Å². The van der Waals surface area contributed by atoms with Crippen molar-refractivity contribution in [3.8, 4) is 0 Å². The molecule has 3 aromatic rings. The summed E-state index contributed by atoms with van der Waals surface area (Å²) in [4.78, 5) is 40.1. The Hall–Kier alpha value is -3.74. The molecule has 0 saturated carbocycles. The van der Waals surface area contributed by atoms with Gasteiger partial charge in [-0.1, -0.05) is 30.3 Å². The Labute approximate surface area is 205 Å². The lowest BCUT2D eigenvalue weighted by Gasteiger charge is -2.18. The van der Waals surface area contributed by atoms with E-state index in [1.54, 1.807) is 0 Å². The van der Waals surface area contributed by atoms with Crippen LogP contribution in [0.5, 0.6) is 0 Å². The summed E-state index contributed by atoms with van der Waals surface area (Å²) in [6.45, 7) is 1.47. The van der Waals surface area contributed by atoms with Gasteiger partial charge < -0.3 is 25.9 Å². The summed E-state index contributed by atoms with van der Waals surface area (Å²) >= 11 is 1.45. The van der Waals surface area contributed by atoms with Gasteiger partial charge in [0.15, 0.2) is 5.69 Å². The van der Waals surface area contributed by atoms with Crippen LogP contribution < -0.4 is 16.4 Å². The Bertz CT molecular complexity index is 1150. The van der Waals surface area contributed by atoms with Gasteiger partial charge in [-0.15, -0.1) is 0 Å². The van der Waals surface area contributed by atoms with E-state index in [-0.39, 0.29) is 23.0 Å². The molecule has 3 unspecified atom stereocenters. The monoisotopic (exact) mass is 499 g/mol. The summed E-state index contributed by atoms with van der Waals surface area (Å²) in [6, 6.07) is 13.2. The van der Waals surface area contributed by atoms with Crippen molar-refractivity contribution in [2.45, 2.75) is 30.9 Å². The first-order valence-corrected chi connectivity index (χ1v) is 11.8. The molecular formula is C23H25N5O6S. The highest BCUT2D eigenvalue weighted by atomic mass is 32.2. The molecule has 0 bridgehead atoms. The molecule has 0 fully saturated rings. The zero-order chi connectivity index (χ0) is 25.4. The predicted molar refractivity (Wildman–Crippen MR) is 131 cm³/mol. The fraction of sp³-hybridized carbons (Fsp3) is 0.261. The molecule has 11 nitrogen and oxygen atoms in total. The number of aliphatic hydroxyl groups is 1. The number of amides is 2. The molecule has 0 aliphatic carbocycles. The topological polar surface area (TPSA) is 174 Å². The average Bonchev–Trinajstić information content (AvgIpc) is 3.34. The maximum Gasteiger partial charge on any atom is 0.273 e. The Kier molecular flexibility index (Phi) is 8.95. The number of nitrogens with one attached hydrogen (secondary N) is 2. The number of nitro benzene ring substituents is 1. The molecule has 2 amide bonds. The lowest BCUT2D eigenvalue weighted by Crippen LogP contribution is -2.45. The fourth-order valence-electron chi connectivity index (χ4n) is 2.93. The second kappa shape index (κ2) is 12.1. The standard InChI is InChI=1S/C23H25N5O6S/c1-14(29)20(24)23-27-18(11-34-23)21(30)26-19(13-35-12-15-5-3-2-4-6-15)22(31)25-16-7-9-17(10-8-16)28(32)33/h2-11,14,19-20,29H,12-13,24H2,1H3,(H,25,31)(H,26,30). The van der Waals surface area contributed by atoms with Gasteiger partial charge in [-0.2, -0.15) is 11.8 Å². The lowest BCUT2D eigenvalue weighted by molar-refractivity contribution is -0.384. The van der Waals surface area contributed by atoms with Gasteiger partial charge in [0.05, 0.1) is 11.0 Å². The summed E-state index contributed by atoms with van der Waals surface area (Å²) < 4.78 is 5.20. The first-order chi connectivity index (χ1) is 16.7. The molecule has 0 radical (unpaired) electrons. The smallest absolute Gasteiger partial charge is 0.273 e. The molecule has 5 N–H and O–H groups in total. The number of oxazole rings is 1. The van der Waals surface area contributed by atoms with E-state index >= 15 is 0 Å². The van der Waals surface area contributed by atoms with Crippen molar-refractivity contribution in [2.75, 3.05) is 11.1 Å². The maximum absolute atomic E-state index is 13.0. The number of carbonyl (C=O) groups excluding carboxylic acids is 2. The Morgan fingerprint density at radius 2 is 1.89 bits per heavy atom. The van der Waals surface area contributed by atoms with Gasteiger partial charge in [0.1, 0.15) is 18.3 Å². The average molecular weight is 500 g/mol. The number of thioether (sulfide) groups is 1. The van der Waals surface area contributed by atoms with Crippen LogP contribution in [0.2, 0.25) is 0 Å². The molecule has 12 heteroatoms. The van der Waals surface area contributed by atoms with Crippen LogP contribution in [0.4, 0.5) is 11.4 Å². The van der Waals surface area contributed by atoms with Gasteiger partial charge >= 0.3 is 0 Å². The van der Waals surface area contributed by atoms with Crippen molar-refractivity contribution in [3.63, 3.8) is 0 Å². The third-order valence-corrected chi connectivity index (χ3v) is 6.03. The zero-order valence-corrected chi connectivity index (χ0v) is 19.6. The fourth-order valence-corrected chi connectivity index (χ4v) is 3.95. The summed E-state index contributed by atoms with van der Waals surface area (Å²) in [6.07, 6.45) is 0.175. The van der Waals surface area contributed by atoms with E-state index < -0.39 is 34.9 Å². The summed E-state index contributed by atoms with van der Waals surface area (Å²) in [5.74, 6) is -0.290. The number of hydrogen-bond donors (Lipinski definition) is 4. The summed E-state index contributed by atoms with van der Waals surface area (Å²) in [7, 11) is 0. The molecule has 184 valence electrons. The predicted octanol–water partition coefficient (Wildman–Crippen LogP) is 2.63. The minimum Gasteiger partial charge on any atom is -0.446 e. The van der Waals surface area contributed by atoms with Crippen LogP contribution in [0.3, 0.4) is 0 Å². The number of nitro groups is 1. The molecule has 1 aromatic heterocycles. The second-order valence-corrected chi connectivity index (χ2v) is 8.69. The van der Waals surface area contributed by atoms with Gasteiger partial charge in [0.25, 0.3) is 11.6 Å². The Morgan fingerprint density at radius 1 is 1.20 bits per heavy atom. The van der Waals surface area contributed by atoms with E-state index in [9.17, 15) is 24.8 Å². The highest BCUT2D eigenvalue weighted by molar-refractivity contribution is 7.98. The molecule has 3 rings (SSSR count). The zero-order valence-electron chi connectivity index (χ0n) is 18.8. The van der Waals surface area contributed by atoms with Crippen molar-refractivity contribution >= 4 is 35.0 Å². The normalized spacial score (nSPS) is 13.5. The lowest BCUT2D eigenvalue weighted by atomic mass is 10.2. The van der Waals surface area contributed by atoms with E-state index in [0.29, 0.717) is 11.4 Å². The van der Waals surface area contributed by atoms with E-state index in [0.717, 1.165) is 11.8 Å². The molecule has 0 aliphatic rings. The van der Waals surface area contributed by atoms with Gasteiger partial charge in [-0.3, -0.25) is 19.7 Å². The van der Waals surface area contributed by atoms with E-state index in [4.69, 9.17) is 10.2 Å². The third-order valence-electron chi connectivity index (χ3n) is 4.92. The number of non-ortho nitro benzene ring substituents is 1. The molecule has 2 aromatic carbocycles. The number of rotatable bonds is 11. The largest absolute Gasteiger partial charge is 0.446 e. The number of aliphatic hydroxyl groups excluding tert-OH is 1. The molecule has 35 heavy (non-hydrogen) atoms. The number of benzene rings is 2. The van der Waals surface area contributed by atoms with Crippen LogP contribution in [0.1, 0.15) is 34.9 Å². The SMILES string of the molecule is CC(O)C(N)c1nc(C(=O)NC(CSCc2ccccc2)C(=O)Nc2ccc([N+](=O)[O-])cc2)co1. The Balaban J connectivity index is 1.70.